The minimum absolute atomic E-state index is 0.0747. The molecular formula is C23H25N3O2S. The molecule has 0 spiro atoms. The minimum atomic E-state index is 0.0747. The van der Waals surface area contributed by atoms with Gasteiger partial charge in [-0.3, -0.25) is 4.79 Å². The molecule has 1 saturated heterocycles. The van der Waals surface area contributed by atoms with Crippen LogP contribution in [0.1, 0.15) is 13.8 Å². The van der Waals surface area contributed by atoms with E-state index in [1.54, 1.807) is 0 Å². The number of hydrogen-bond donors (Lipinski definition) is 1. The van der Waals surface area contributed by atoms with Gasteiger partial charge >= 0.3 is 0 Å². The van der Waals surface area contributed by atoms with Gasteiger partial charge in [0.25, 0.3) is 0 Å². The number of carbonyl (C=O) groups is 1. The Kier molecular flexibility index (Phi) is 6.02. The van der Waals surface area contributed by atoms with E-state index < -0.39 is 0 Å². The lowest BCUT2D eigenvalue weighted by atomic mass is 10.1. The Balaban J connectivity index is 1.54. The number of imidazole rings is 1. The summed E-state index contributed by atoms with van der Waals surface area (Å²) >= 11 is 1.45. The Morgan fingerprint density at radius 1 is 1.03 bits per heavy atom. The number of hydrogen-bond acceptors (Lipinski definition) is 4. The second-order valence-electron chi connectivity index (χ2n) is 7.34. The highest BCUT2D eigenvalue weighted by Crippen LogP contribution is 2.32. The summed E-state index contributed by atoms with van der Waals surface area (Å²) in [6.07, 6.45) is 0.149. The number of aromatic amines is 1. The van der Waals surface area contributed by atoms with Crippen molar-refractivity contribution in [3.63, 3.8) is 0 Å². The van der Waals surface area contributed by atoms with Crippen molar-refractivity contribution in [3.05, 3.63) is 60.7 Å². The van der Waals surface area contributed by atoms with E-state index in [1.807, 2.05) is 55.1 Å². The average Bonchev–Trinajstić information content (AvgIpc) is 3.17. The monoisotopic (exact) mass is 407 g/mol. The third kappa shape index (κ3) is 4.71. The molecule has 1 amide bonds. The second-order valence-corrected chi connectivity index (χ2v) is 8.31. The number of nitrogens with one attached hydrogen (secondary N) is 1. The summed E-state index contributed by atoms with van der Waals surface area (Å²) < 4.78 is 5.73. The first kappa shape index (κ1) is 19.7. The third-order valence-electron chi connectivity index (χ3n) is 4.90. The number of nitrogens with zero attached hydrogens (tertiary/aromatic N) is 2. The fourth-order valence-corrected chi connectivity index (χ4v) is 4.41. The Morgan fingerprint density at radius 2 is 1.62 bits per heavy atom. The Hall–Kier alpha value is -2.57. The van der Waals surface area contributed by atoms with Crippen LogP contribution in [0, 0.1) is 0 Å². The molecule has 1 fully saturated rings. The number of carbonyl (C=O) groups excluding carboxylic acids is 1. The van der Waals surface area contributed by atoms with E-state index in [4.69, 9.17) is 9.72 Å². The van der Waals surface area contributed by atoms with Crippen molar-refractivity contribution in [2.75, 3.05) is 18.8 Å². The molecule has 1 aliphatic heterocycles. The van der Waals surface area contributed by atoms with Crippen LogP contribution < -0.4 is 0 Å². The highest BCUT2D eigenvalue weighted by atomic mass is 32.2. The van der Waals surface area contributed by atoms with Crippen LogP contribution in [0.5, 0.6) is 0 Å². The molecule has 1 N–H and O–H groups in total. The van der Waals surface area contributed by atoms with Gasteiger partial charge in [0.05, 0.1) is 29.3 Å². The molecule has 4 rings (SSSR count). The maximum atomic E-state index is 12.7. The first-order valence-electron chi connectivity index (χ1n) is 9.87. The van der Waals surface area contributed by atoms with E-state index >= 15 is 0 Å². The highest BCUT2D eigenvalue weighted by molar-refractivity contribution is 7.99. The van der Waals surface area contributed by atoms with E-state index in [-0.39, 0.29) is 18.1 Å². The smallest absolute Gasteiger partial charge is 0.233 e. The summed E-state index contributed by atoms with van der Waals surface area (Å²) in [4.78, 5) is 22.8. The van der Waals surface area contributed by atoms with E-state index in [1.165, 1.54) is 11.8 Å². The Bertz CT molecular complexity index is 892. The zero-order chi connectivity index (χ0) is 20.2. The lowest BCUT2D eigenvalue weighted by Gasteiger charge is -2.35. The fraction of sp³-hybridized carbons (Fsp3) is 0.304. The summed E-state index contributed by atoms with van der Waals surface area (Å²) in [5.41, 5.74) is 4.00. The van der Waals surface area contributed by atoms with E-state index in [0.717, 1.165) is 27.7 Å². The van der Waals surface area contributed by atoms with Gasteiger partial charge in [0.2, 0.25) is 5.91 Å². The van der Waals surface area contributed by atoms with Gasteiger partial charge in [-0.1, -0.05) is 72.4 Å². The summed E-state index contributed by atoms with van der Waals surface area (Å²) in [5.74, 6) is 0.478. The number of aromatic nitrogens is 2. The third-order valence-corrected chi connectivity index (χ3v) is 5.75. The highest BCUT2D eigenvalue weighted by Gasteiger charge is 2.26. The van der Waals surface area contributed by atoms with Gasteiger partial charge < -0.3 is 14.6 Å². The van der Waals surface area contributed by atoms with Crippen LogP contribution in [-0.2, 0) is 9.53 Å². The maximum Gasteiger partial charge on any atom is 0.233 e. The van der Waals surface area contributed by atoms with Crippen molar-refractivity contribution in [2.24, 2.45) is 0 Å². The molecule has 6 heteroatoms. The van der Waals surface area contributed by atoms with Gasteiger partial charge in [-0.2, -0.15) is 0 Å². The lowest BCUT2D eigenvalue weighted by molar-refractivity contribution is -0.140. The second kappa shape index (κ2) is 8.84. The molecule has 1 aliphatic rings. The predicted molar refractivity (Wildman–Crippen MR) is 117 cm³/mol. The molecule has 0 saturated carbocycles. The van der Waals surface area contributed by atoms with Crippen molar-refractivity contribution in [1.82, 2.24) is 14.9 Å². The fourth-order valence-electron chi connectivity index (χ4n) is 3.64. The first-order chi connectivity index (χ1) is 14.1. The number of benzene rings is 2. The number of morpholine rings is 1. The van der Waals surface area contributed by atoms with Gasteiger partial charge in [0, 0.05) is 24.2 Å². The molecule has 29 heavy (non-hydrogen) atoms. The predicted octanol–water partition coefficient (Wildman–Crippen LogP) is 4.47. The van der Waals surface area contributed by atoms with Crippen molar-refractivity contribution in [2.45, 2.75) is 31.2 Å². The molecule has 2 atom stereocenters. The van der Waals surface area contributed by atoms with E-state index in [0.29, 0.717) is 18.8 Å². The van der Waals surface area contributed by atoms with Crippen molar-refractivity contribution in [1.29, 1.82) is 0 Å². The average molecular weight is 408 g/mol. The standard InChI is InChI=1S/C23H25N3O2S/c1-16-13-26(14-17(2)28-16)20(27)15-29-23-24-21(18-9-5-3-6-10-18)22(25-23)19-11-7-4-8-12-19/h3-12,16-17H,13-15H2,1-2H3,(H,24,25). The van der Waals surface area contributed by atoms with Gasteiger partial charge in [-0.15, -0.1) is 0 Å². The molecular weight excluding hydrogens is 382 g/mol. The van der Waals surface area contributed by atoms with Crippen LogP contribution in [0.2, 0.25) is 0 Å². The number of amides is 1. The summed E-state index contributed by atoms with van der Waals surface area (Å²) in [6.45, 7) is 5.31. The molecule has 0 bridgehead atoms. The van der Waals surface area contributed by atoms with Crippen LogP contribution in [0.15, 0.2) is 65.8 Å². The lowest BCUT2D eigenvalue weighted by Crippen LogP contribution is -2.48. The maximum absolute atomic E-state index is 12.7. The molecule has 5 nitrogen and oxygen atoms in total. The molecule has 0 aliphatic carbocycles. The summed E-state index contributed by atoms with van der Waals surface area (Å²) in [5, 5.41) is 0.755. The molecule has 150 valence electrons. The molecule has 2 aromatic carbocycles. The van der Waals surface area contributed by atoms with Crippen LogP contribution in [0.25, 0.3) is 22.5 Å². The number of ether oxygens (including phenoxy) is 1. The van der Waals surface area contributed by atoms with Crippen molar-refractivity contribution < 1.29 is 9.53 Å². The van der Waals surface area contributed by atoms with Crippen molar-refractivity contribution >= 4 is 17.7 Å². The van der Waals surface area contributed by atoms with Crippen molar-refractivity contribution in [3.8, 4) is 22.5 Å². The van der Waals surface area contributed by atoms with Crippen LogP contribution >= 0.6 is 11.8 Å². The number of H-pyrrole nitrogens is 1. The quantitative estimate of drug-likeness (QED) is 0.634. The minimum Gasteiger partial charge on any atom is -0.372 e. The molecule has 2 unspecified atom stereocenters. The SMILES string of the molecule is CC1CN(C(=O)CSc2nc(-c3ccccc3)c(-c3ccccc3)[nH]2)CC(C)O1. The first-order valence-corrected chi connectivity index (χ1v) is 10.9. The van der Waals surface area contributed by atoms with Gasteiger partial charge in [-0.05, 0) is 13.8 Å². The van der Waals surface area contributed by atoms with E-state index in [9.17, 15) is 4.79 Å². The van der Waals surface area contributed by atoms with E-state index in [2.05, 4.69) is 29.2 Å². The number of thioether (sulfide) groups is 1. The van der Waals surface area contributed by atoms with Crippen LogP contribution in [0.3, 0.4) is 0 Å². The summed E-state index contributed by atoms with van der Waals surface area (Å²) in [6, 6.07) is 20.3. The molecule has 1 aromatic heterocycles. The van der Waals surface area contributed by atoms with Gasteiger partial charge in [0.15, 0.2) is 5.16 Å². The molecule has 0 radical (unpaired) electrons. The molecule has 2 heterocycles. The van der Waals surface area contributed by atoms with Gasteiger partial charge in [0.1, 0.15) is 0 Å². The Labute approximate surface area is 175 Å². The summed E-state index contributed by atoms with van der Waals surface area (Å²) in [7, 11) is 0. The van der Waals surface area contributed by atoms with Crippen LogP contribution in [0.4, 0.5) is 0 Å². The van der Waals surface area contributed by atoms with Crippen LogP contribution in [-0.4, -0.2) is 51.8 Å². The number of rotatable bonds is 5. The topological polar surface area (TPSA) is 58.2 Å². The largest absolute Gasteiger partial charge is 0.372 e. The van der Waals surface area contributed by atoms with Gasteiger partial charge in [-0.25, -0.2) is 4.98 Å². The zero-order valence-corrected chi connectivity index (χ0v) is 17.5. The zero-order valence-electron chi connectivity index (χ0n) is 16.7. The normalized spacial score (nSPS) is 19.3. The Morgan fingerprint density at radius 3 is 2.24 bits per heavy atom. The molecule has 3 aromatic rings.